The molecule has 0 aromatic rings. The molecule has 1 heterocycles. The molecule has 0 spiro atoms. The van der Waals surface area contributed by atoms with Crippen molar-refractivity contribution < 1.29 is 0 Å². The van der Waals surface area contributed by atoms with Gasteiger partial charge in [-0.3, -0.25) is 0 Å². The average Bonchev–Trinajstić information content (AvgIpc) is 2.17. The maximum Gasteiger partial charge on any atom is 0.00222 e. The highest BCUT2D eigenvalue weighted by atomic mass is 15.2. The molecule has 1 aliphatic carbocycles. The van der Waals surface area contributed by atoms with Gasteiger partial charge in [0, 0.05) is 19.6 Å². The first-order valence-corrected chi connectivity index (χ1v) is 7.35. The molecule has 0 radical (unpaired) electrons. The Morgan fingerprint density at radius 2 is 1.62 bits per heavy atom. The van der Waals surface area contributed by atoms with Gasteiger partial charge in [0.05, 0.1) is 0 Å². The third-order valence-corrected chi connectivity index (χ3v) is 4.46. The smallest absolute Gasteiger partial charge is 0.00222 e. The molecule has 2 aliphatic rings. The Bertz CT molecular complexity index is 197. The van der Waals surface area contributed by atoms with Gasteiger partial charge >= 0.3 is 0 Å². The van der Waals surface area contributed by atoms with Crippen LogP contribution in [0.25, 0.3) is 0 Å². The number of nitrogens with zero attached hydrogens (tertiary/aromatic N) is 1. The van der Waals surface area contributed by atoms with Crippen molar-refractivity contribution in [2.75, 3.05) is 19.6 Å². The minimum atomic E-state index is 0.844. The number of hydrogen-bond acceptors (Lipinski definition) is 1. The first-order chi connectivity index (χ1) is 7.63. The van der Waals surface area contributed by atoms with Crippen LogP contribution in [0.4, 0.5) is 0 Å². The van der Waals surface area contributed by atoms with Gasteiger partial charge in [-0.05, 0) is 30.1 Å². The van der Waals surface area contributed by atoms with E-state index in [2.05, 4.69) is 25.7 Å². The Balaban J connectivity index is 1.59. The van der Waals surface area contributed by atoms with E-state index < -0.39 is 0 Å². The van der Waals surface area contributed by atoms with Crippen LogP contribution in [0, 0.1) is 23.7 Å². The van der Waals surface area contributed by atoms with Crippen LogP contribution < -0.4 is 0 Å². The molecule has 2 rings (SSSR count). The fraction of sp³-hybridized carbons (Fsp3) is 1.00. The van der Waals surface area contributed by atoms with Gasteiger partial charge in [0.25, 0.3) is 0 Å². The lowest BCUT2D eigenvalue weighted by Gasteiger charge is -2.42. The standard InChI is InChI=1S/C15H29N/c1-12(2)9-16-10-15(11-16)8-14-6-4-13(3)5-7-14/h12-15H,4-11H2,1-3H3. The second kappa shape index (κ2) is 5.53. The monoisotopic (exact) mass is 223 g/mol. The maximum absolute atomic E-state index is 2.64. The molecule has 0 bridgehead atoms. The topological polar surface area (TPSA) is 3.24 Å². The summed E-state index contributed by atoms with van der Waals surface area (Å²) in [5.74, 6) is 3.96. The predicted molar refractivity (Wildman–Crippen MR) is 70.5 cm³/mol. The van der Waals surface area contributed by atoms with Gasteiger partial charge in [0.15, 0.2) is 0 Å². The molecule has 0 aromatic heterocycles. The number of hydrogen-bond donors (Lipinski definition) is 0. The van der Waals surface area contributed by atoms with Gasteiger partial charge in [-0.1, -0.05) is 46.5 Å². The number of likely N-dealkylation sites (tertiary alicyclic amines) is 1. The van der Waals surface area contributed by atoms with Crippen LogP contribution in [0.5, 0.6) is 0 Å². The van der Waals surface area contributed by atoms with Crippen molar-refractivity contribution in [2.24, 2.45) is 23.7 Å². The normalized spacial score (nSPS) is 33.0. The molecule has 1 nitrogen and oxygen atoms in total. The molecule has 0 aromatic carbocycles. The van der Waals surface area contributed by atoms with Crippen LogP contribution in [-0.4, -0.2) is 24.5 Å². The summed E-state index contributed by atoms with van der Waals surface area (Å²) in [6, 6.07) is 0. The van der Waals surface area contributed by atoms with E-state index in [1.54, 1.807) is 0 Å². The van der Waals surface area contributed by atoms with Crippen molar-refractivity contribution >= 4 is 0 Å². The van der Waals surface area contributed by atoms with Gasteiger partial charge in [0.2, 0.25) is 0 Å². The SMILES string of the molecule is CC(C)CN1CC(CC2CCC(C)CC2)C1. The Morgan fingerprint density at radius 3 is 2.19 bits per heavy atom. The predicted octanol–water partition coefficient (Wildman–Crippen LogP) is 3.79. The molecule has 0 amide bonds. The van der Waals surface area contributed by atoms with Crippen molar-refractivity contribution in [2.45, 2.75) is 52.9 Å². The lowest BCUT2D eigenvalue weighted by molar-refractivity contribution is 0.0629. The average molecular weight is 223 g/mol. The van der Waals surface area contributed by atoms with E-state index >= 15 is 0 Å². The van der Waals surface area contributed by atoms with Crippen molar-refractivity contribution in [1.29, 1.82) is 0 Å². The molecule has 16 heavy (non-hydrogen) atoms. The van der Waals surface area contributed by atoms with Gasteiger partial charge < -0.3 is 4.90 Å². The molecule has 0 N–H and O–H groups in total. The lowest BCUT2D eigenvalue weighted by Crippen LogP contribution is -2.48. The van der Waals surface area contributed by atoms with Gasteiger partial charge in [-0.15, -0.1) is 0 Å². The Morgan fingerprint density at radius 1 is 1.00 bits per heavy atom. The van der Waals surface area contributed by atoms with Crippen molar-refractivity contribution in [3.63, 3.8) is 0 Å². The van der Waals surface area contributed by atoms with E-state index in [4.69, 9.17) is 0 Å². The second-order valence-corrected chi connectivity index (χ2v) is 6.84. The summed E-state index contributed by atoms with van der Waals surface area (Å²) in [7, 11) is 0. The highest BCUT2D eigenvalue weighted by molar-refractivity contribution is 4.83. The first kappa shape index (κ1) is 12.4. The van der Waals surface area contributed by atoms with Crippen molar-refractivity contribution in [1.82, 2.24) is 4.90 Å². The molecule has 0 atom stereocenters. The van der Waals surface area contributed by atoms with E-state index in [0.717, 1.165) is 23.7 Å². The van der Waals surface area contributed by atoms with Crippen LogP contribution in [0.2, 0.25) is 0 Å². The maximum atomic E-state index is 2.64. The minimum absolute atomic E-state index is 0.844. The fourth-order valence-corrected chi connectivity index (χ4v) is 3.53. The van der Waals surface area contributed by atoms with Gasteiger partial charge in [-0.2, -0.15) is 0 Å². The summed E-state index contributed by atoms with van der Waals surface area (Å²) in [4.78, 5) is 2.64. The molecule has 1 heteroatoms. The minimum Gasteiger partial charge on any atom is -0.302 e. The summed E-state index contributed by atoms with van der Waals surface area (Å²) in [6.07, 6.45) is 7.55. The molecular weight excluding hydrogens is 194 g/mol. The van der Waals surface area contributed by atoms with Crippen LogP contribution in [0.1, 0.15) is 52.9 Å². The molecule has 1 aliphatic heterocycles. The zero-order valence-electron chi connectivity index (χ0n) is 11.4. The summed E-state index contributed by atoms with van der Waals surface area (Å²) < 4.78 is 0. The summed E-state index contributed by atoms with van der Waals surface area (Å²) >= 11 is 0. The molecule has 2 fully saturated rings. The zero-order chi connectivity index (χ0) is 11.5. The Labute approximate surface area is 102 Å². The van der Waals surface area contributed by atoms with Crippen LogP contribution in [0.3, 0.4) is 0 Å². The van der Waals surface area contributed by atoms with E-state index in [9.17, 15) is 0 Å². The summed E-state index contributed by atoms with van der Waals surface area (Å²) in [6.45, 7) is 11.2. The lowest BCUT2D eigenvalue weighted by atomic mass is 9.77. The molecule has 1 saturated heterocycles. The fourth-order valence-electron chi connectivity index (χ4n) is 3.53. The Hall–Kier alpha value is -0.0400. The molecule has 0 unspecified atom stereocenters. The highest BCUT2D eigenvalue weighted by Crippen LogP contribution is 2.34. The summed E-state index contributed by atoms with van der Waals surface area (Å²) in [5, 5.41) is 0. The largest absolute Gasteiger partial charge is 0.302 e. The zero-order valence-corrected chi connectivity index (χ0v) is 11.4. The number of rotatable bonds is 4. The first-order valence-electron chi connectivity index (χ1n) is 7.35. The van der Waals surface area contributed by atoms with E-state index in [1.807, 2.05) is 0 Å². The van der Waals surface area contributed by atoms with E-state index in [-0.39, 0.29) is 0 Å². The van der Waals surface area contributed by atoms with E-state index in [1.165, 1.54) is 51.7 Å². The van der Waals surface area contributed by atoms with Gasteiger partial charge in [-0.25, -0.2) is 0 Å². The van der Waals surface area contributed by atoms with Gasteiger partial charge in [0.1, 0.15) is 0 Å². The molecule has 94 valence electrons. The van der Waals surface area contributed by atoms with Crippen LogP contribution in [-0.2, 0) is 0 Å². The van der Waals surface area contributed by atoms with Crippen LogP contribution in [0.15, 0.2) is 0 Å². The van der Waals surface area contributed by atoms with Crippen molar-refractivity contribution in [3.8, 4) is 0 Å². The van der Waals surface area contributed by atoms with Crippen LogP contribution >= 0.6 is 0 Å². The quantitative estimate of drug-likeness (QED) is 0.701. The Kier molecular flexibility index (Phi) is 4.29. The molecule has 1 saturated carbocycles. The van der Waals surface area contributed by atoms with Crippen molar-refractivity contribution in [3.05, 3.63) is 0 Å². The second-order valence-electron chi connectivity index (χ2n) is 6.84. The third-order valence-electron chi connectivity index (χ3n) is 4.46. The summed E-state index contributed by atoms with van der Waals surface area (Å²) in [5.41, 5.74) is 0. The molecular formula is C15H29N. The third kappa shape index (κ3) is 3.48. The van der Waals surface area contributed by atoms with E-state index in [0.29, 0.717) is 0 Å². The highest BCUT2D eigenvalue weighted by Gasteiger charge is 2.30.